The Morgan fingerprint density at radius 3 is 2.60 bits per heavy atom. The third-order valence-electron chi connectivity index (χ3n) is 4.36. The molecule has 1 N–H and O–H groups in total. The first kappa shape index (κ1) is 16.9. The molecule has 0 saturated carbocycles. The first-order valence-corrected chi connectivity index (χ1v) is 8.34. The van der Waals surface area contributed by atoms with E-state index in [2.05, 4.69) is 26.2 Å². The average molecular weight is 335 g/mol. The van der Waals surface area contributed by atoms with E-state index in [9.17, 15) is 10.1 Å². The predicted molar refractivity (Wildman–Crippen MR) is 96.3 cm³/mol. The molecule has 0 spiro atoms. The van der Waals surface area contributed by atoms with Crippen LogP contribution in [0.15, 0.2) is 42.6 Å². The van der Waals surface area contributed by atoms with Gasteiger partial charge in [-0.15, -0.1) is 0 Å². The third kappa shape index (κ3) is 4.14. The first-order chi connectivity index (χ1) is 12.2. The van der Waals surface area contributed by atoms with Gasteiger partial charge in [0.2, 0.25) is 0 Å². The summed E-state index contributed by atoms with van der Waals surface area (Å²) >= 11 is 0. The molecule has 0 bridgehead atoms. The molecule has 3 rings (SSSR count). The van der Waals surface area contributed by atoms with E-state index in [4.69, 9.17) is 0 Å². The largest absolute Gasteiger partial charge is 0.353 e. The zero-order chi connectivity index (χ0) is 17.6. The van der Waals surface area contributed by atoms with Gasteiger partial charge in [0, 0.05) is 37.9 Å². The number of nitriles is 1. The second-order valence-corrected chi connectivity index (χ2v) is 6.12. The van der Waals surface area contributed by atoms with Crippen molar-refractivity contribution >= 4 is 11.7 Å². The molecule has 0 atom stereocenters. The Kier molecular flexibility index (Phi) is 5.26. The number of rotatable bonds is 4. The Bertz CT molecular complexity index is 773. The van der Waals surface area contributed by atoms with E-state index in [0.717, 1.165) is 37.6 Å². The molecule has 6 nitrogen and oxygen atoms in total. The molecule has 2 heterocycles. The maximum atomic E-state index is 12.2. The highest BCUT2D eigenvalue weighted by atomic mass is 16.1. The molecule has 2 aromatic rings. The SMILES string of the molecule is Cc1ccc(C(=O)NCN2CCN(c3ncccc3C#N)CC2)cc1. The number of aryl methyl sites for hydroxylation is 1. The molecule has 1 aromatic heterocycles. The summed E-state index contributed by atoms with van der Waals surface area (Å²) in [5.41, 5.74) is 2.42. The van der Waals surface area contributed by atoms with E-state index in [1.807, 2.05) is 31.2 Å². The quantitative estimate of drug-likeness (QED) is 0.922. The number of pyridine rings is 1. The van der Waals surface area contributed by atoms with Crippen LogP contribution in [0.4, 0.5) is 5.82 Å². The van der Waals surface area contributed by atoms with E-state index >= 15 is 0 Å². The standard InChI is InChI=1S/C19H21N5O/c1-15-4-6-16(7-5-15)19(25)22-14-23-9-11-24(12-10-23)18-17(13-20)3-2-8-21-18/h2-8H,9-12,14H2,1H3,(H,22,25). The lowest BCUT2D eigenvalue weighted by molar-refractivity contribution is 0.0920. The summed E-state index contributed by atoms with van der Waals surface area (Å²) in [7, 11) is 0. The van der Waals surface area contributed by atoms with Crippen LogP contribution < -0.4 is 10.2 Å². The Morgan fingerprint density at radius 1 is 1.20 bits per heavy atom. The van der Waals surface area contributed by atoms with Crippen LogP contribution in [0.2, 0.25) is 0 Å². The molecule has 0 unspecified atom stereocenters. The van der Waals surface area contributed by atoms with Crippen molar-refractivity contribution in [3.63, 3.8) is 0 Å². The van der Waals surface area contributed by atoms with E-state index in [0.29, 0.717) is 17.8 Å². The van der Waals surface area contributed by atoms with Gasteiger partial charge in [0.05, 0.1) is 12.2 Å². The highest BCUT2D eigenvalue weighted by molar-refractivity contribution is 5.94. The minimum atomic E-state index is -0.0566. The van der Waals surface area contributed by atoms with E-state index in [-0.39, 0.29) is 5.91 Å². The number of piperazine rings is 1. The van der Waals surface area contributed by atoms with Gasteiger partial charge in [-0.05, 0) is 31.2 Å². The Hall–Kier alpha value is -2.91. The summed E-state index contributed by atoms with van der Waals surface area (Å²) in [6.07, 6.45) is 1.71. The maximum Gasteiger partial charge on any atom is 0.252 e. The van der Waals surface area contributed by atoms with Crippen molar-refractivity contribution in [1.82, 2.24) is 15.2 Å². The lowest BCUT2D eigenvalue weighted by Crippen LogP contribution is -2.50. The van der Waals surface area contributed by atoms with Crippen molar-refractivity contribution in [2.24, 2.45) is 0 Å². The number of hydrogen-bond acceptors (Lipinski definition) is 5. The van der Waals surface area contributed by atoms with Crippen molar-refractivity contribution in [3.8, 4) is 6.07 Å². The Labute approximate surface area is 147 Å². The minimum Gasteiger partial charge on any atom is -0.353 e. The monoisotopic (exact) mass is 335 g/mol. The second kappa shape index (κ2) is 7.77. The smallest absolute Gasteiger partial charge is 0.252 e. The number of aromatic nitrogens is 1. The average Bonchev–Trinajstić information content (AvgIpc) is 2.67. The van der Waals surface area contributed by atoms with Crippen LogP contribution in [0, 0.1) is 18.3 Å². The van der Waals surface area contributed by atoms with Gasteiger partial charge < -0.3 is 10.2 Å². The summed E-state index contributed by atoms with van der Waals surface area (Å²) in [6.45, 7) is 5.72. The van der Waals surface area contributed by atoms with Gasteiger partial charge in [-0.25, -0.2) is 4.98 Å². The number of amides is 1. The van der Waals surface area contributed by atoms with Gasteiger partial charge in [-0.1, -0.05) is 17.7 Å². The van der Waals surface area contributed by atoms with Crippen LogP contribution >= 0.6 is 0 Å². The Morgan fingerprint density at radius 2 is 1.92 bits per heavy atom. The van der Waals surface area contributed by atoms with Crippen LogP contribution in [-0.2, 0) is 0 Å². The second-order valence-electron chi connectivity index (χ2n) is 6.12. The van der Waals surface area contributed by atoms with Crippen molar-refractivity contribution in [3.05, 3.63) is 59.3 Å². The van der Waals surface area contributed by atoms with Gasteiger partial charge in [0.25, 0.3) is 5.91 Å². The fraction of sp³-hybridized carbons (Fsp3) is 0.316. The molecule has 1 aliphatic heterocycles. The molecule has 1 aliphatic rings. The van der Waals surface area contributed by atoms with E-state index in [1.165, 1.54) is 0 Å². The van der Waals surface area contributed by atoms with Crippen molar-refractivity contribution in [1.29, 1.82) is 5.26 Å². The molecular formula is C19H21N5O. The first-order valence-electron chi connectivity index (χ1n) is 8.34. The van der Waals surface area contributed by atoms with Gasteiger partial charge in [-0.2, -0.15) is 5.26 Å². The summed E-state index contributed by atoms with van der Waals surface area (Å²) < 4.78 is 0. The lowest BCUT2D eigenvalue weighted by Gasteiger charge is -2.35. The van der Waals surface area contributed by atoms with Gasteiger partial charge in [0.15, 0.2) is 0 Å². The van der Waals surface area contributed by atoms with Crippen molar-refractivity contribution in [2.45, 2.75) is 6.92 Å². The van der Waals surface area contributed by atoms with Crippen LogP contribution in [0.1, 0.15) is 21.5 Å². The van der Waals surface area contributed by atoms with E-state index < -0.39 is 0 Å². The summed E-state index contributed by atoms with van der Waals surface area (Å²) in [6, 6.07) is 13.3. The number of carbonyl (C=O) groups excluding carboxylic acids is 1. The zero-order valence-electron chi connectivity index (χ0n) is 14.3. The van der Waals surface area contributed by atoms with Gasteiger partial charge >= 0.3 is 0 Å². The highest BCUT2D eigenvalue weighted by Crippen LogP contribution is 2.17. The number of benzene rings is 1. The normalized spacial score (nSPS) is 14.8. The highest BCUT2D eigenvalue weighted by Gasteiger charge is 2.20. The number of anilines is 1. The topological polar surface area (TPSA) is 72.3 Å². The van der Waals surface area contributed by atoms with Crippen LogP contribution in [0.3, 0.4) is 0 Å². The minimum absolute atomic E-state index is 0.0566. The molecule has 0 radical (unpaired) electrons. The van der Waals surface area contributed by atoms with Crippen LogP contribution in [-0.4, -0.2) is 48.6 Å². The molecular weight excluding hydrogens is 314 g/mol. The summed E-state index contributed by atoms with van der Waals surface area (Å²) in [5, 5.41) is 12.2. The van der Waals surface area contributed by atoms with Crippen LogP contribution in [0.25, 0.3) is 0 Å². The Balaban J connectivity index is 1.50. The fourth-order valence-electron chi connectivity index (χ4n) is 2.84. The van der Waals surface area contributed by atoms with E-state index in [1.54, 1.807) is 18.3 Å². The van der Waals surface area contributed by atoms with Crippen LogP contribution in [0.5, 0.6) is 0 Å². The fourth-order valence-corrected chi connectivity index (χ4v) is 2.84. The molecule has 1 fully saturated rings. The molecule has 128 valence electrons. The van der Waals surface area contributed by atoms with Gasteiger partial charge in [0.1, 0.15) is 11.9 Å². The molecule has 0 aliphatic carbocycles. The van der Waals surface area contributed by atoms with Crippen molar-refractivity contribution in [2.75, 3.05) is 37.7 Å². The maximum absolute atomic E-state index is 12.2. The zero-order valence-corrected chi connectivity index (χ0v) is 14.3. The molecule has 25 heavy (non-hydrogen) atoms. The molecule has 1 aromatic carbocycles. The molecule has 6 heteroatoms. The third-order valence-corrected chi connectivity index (χ3v) is 4.36. The number of nitrogens with one attached hydrogen (secondary N) is 1. The number of hydrogen-bond donors (Lipinski definition) is 1. The summed E-state index contributed by atoms with van der Waals surface area (Å²) in [4.78, 5) is 20.8. The molecule has 1 amide bonds. The van der Waals surface area contributed by atoms with Crippen molar-refractivity contribution < 1.29 is 4.79 Å². The molecule has 1 saturated heterocycles. The number of carbonyl (C=O) groups is 1. The summed E-state index contributed by atoms with van der Waals surface area (Å²) in [5.74, 6) is 0.687. The predicted octanol–water partition coefficient (Wildman–Crippen LogP) is 1.77. The lowest BCUT2D eigenvalue weighted by atomic mass is 10.1. The van der Waals surface area contributed by atoms with Gasteiger partial charge in [-0.3, -0.25) is 9.69 Å². The number of nitrogens with zero attached hydrogens (tertiary/aromatic N) is 4.